The van der Waals surface area contributed by atoms with Crippen LogP contribution in [0, 0.1) is 5.82 Å². The fourth-order valence-corrected chi connectivity index (χ4v) is 2.46. The number of para-hydroxylation sites is 1. The summed E-state index contributed by atoms with van der Waals surface area (Å²) in [6.45, 7) is 1.48. The highest BCUT2D eigenvalue weighted by Gasteiger charge is 2.20. The van der Waals surface area contributed by atoms with E-state index in [-0.39, 0.29) is 18.1 Å². The van der Waals surface area contributed by atoms with Crippen LogP contribution in [-0.4, -0.2) is 24.0 Å². The normalized spacial score (nSPS) is 14.0. The lowest BCUT2D eigenvalue weighted by Gasteiger charge is -2.20. The van der Waals surface area contributed by atoms with Crippen molar-refractivity contribution in [3.8, 4) is 5.75 Å². The standard InChI is InChI=1S/C17H16FNO2/c18-15-7-3-1-5-13(15)11-17(20)19-9-10-21-16-8-4-2-6-14(16)12-19/h1-8H,9-12H2. The number of hydrogen-bond donors (Lipinski definition) is 0. The Morgan fingerprint density at radius 2 is 1.90 bits per heavy atom. The molecule has 0 N–H and O–H groups in total. The minimum atomic E-state index is -0.336. The molecule has 3 rings (SSSR count). The molecule has 0 aliphatic carbocycles. The van der Waals surface area contributed by atoms with Gasteiger partial charge in [0.15, 0.2) is 0 Å². The molecule has 0 atom stereocenters. The molecule has 1 amide bonds. The van der Waals surface area contributed by atoms with Crippen molar-refractivity contribution in [1.82, 2.24) is 4.90 Å². The van der Waals surface area contributed by atoms with Gasteiger partial charge in [-0.3, -0.25) is 4.79 Å². The minimum Gasteiger partial charge on any atom is -0.491 e. The van der Waals surface area contributed by atoms with E-state index in [0.717, 1.165) is 11.3 Å². The van der Waals surface area contributed by atoms with Gasteiger partial charge < -0.3 is 9.64 Å². The Hall–Kier alpha value is -2.36. The molecular formula is C17H16FNO2. The second-order valence-electron chi connectivity index (χ2n) is 5.04. The van der Waals surface area contributed by atoms with E-state index in [1.165, 1.54) is 6.07 Å². The number of carbonyl (C=O) groups excluding carboxylic acids is 1. The molecule has 0 unspecified atom stereocenters. The van der Waals surface area contributed by atoms with E-state index in [9.17, 15) is 9.18 Å². The molecule has 108 valence electrons. The highest BCUT2D eigenvalue weighted by molar-refractivity contribution is 5.79. The summed E-state index contributed by atoms with van der Waals surface area (Å²) in [4.78, 5) is 14.1. The van der Waals surface area contributed by atoms with Crippen molar-refractivity contribution < 1.29 is 13.9 Å². The van der Waals surface area contributed by atoms with E-state index < -0.39 is 0 Å². The molecule has 0 radical (unpaired) electrons. The first-order valence-electron chi connectivity index (χ1n) is 6.96. The molecule has 2 aromatic rings. The summed E-state index contributed by atoms with van der Waals surface area (Å²) in [5, 5.41) is 0. The lowest BCUT2D eigenvalue weighted by atomic mass is 10.1. The van der Waals surface area contributed by atoms with Gasteiger partial charge in [-0.05, 0) is 17.7 Å². The second kappa shape index (κ2) is 5.95. The van der Waals surface area contributed by atoms with Crippen LogP contribution in [0.2, 0.25) is 0 Å². The van der Waals surface area contributed by atoms with E-state index >= 15 is 0 Å². The summed E-state index contributed by atoms with van der Waals surface area (Å²) >= 11 is 0. The fraction of sp³-hybridized carbons (Fsp3) is 0.235. The summed E-state index contributed by atoms with van der Waals surface area (Å²) in [6, 6.07) is 14.1. The SMILES string of the molecule is O=C(Cc1ccccc1F)N1CCOc2ccccc2C1. The van der Waals surface area contributed by atoms with Crippen LogP contribution < -0.4 is 4.74 Å². The molecule has 21 heavy (non-hydrogen) atoms. The summed E-state index contributed by atoms with van der Waals surface area (Å²) < 4.78 is 19.3. The van der Waals surface area contributed by atoms with E-state index in [1.807, 2.05) is 24.3 Å². The third kappa shape index (κ3) is 3.05. The van der Waals surface area contributed by atoms with Gasteiger partial charge in [0.2, 0.25) is 5.91 Å². The number of amides is 1. The van der Waals surface area contributed by atoms with Gasteiger partial charge in [-0.25, -0.2) is 4.39 Å². The van der Waals surface area contributed by atoms with Gasteiger partial charge in [-0.1, -0.05) is 36.4 Å². The molecule has 1 aliphatic rings. The number of ether oxygens (including phenoxy) is 1. The first-order valence-corrected chi connectivity index (χ1v) is 6.96. The Morgan fingerprint density at radius 1 is 1.14 bits per heavy atom. The van der Waals surface area contributed by atoms with E-state index in [1.54, 1.807) is 23.1 Å². The molecule has 0 aromatic heterocycles. The van der Waals surface area contributed by atoms with Gasteiger partial charge in [0.05, 0.1) is 13.0 Å². The zero-order chi connectivity index (χ0) is 14.7. The van der Waals surface area contributed by atoms with Crippen molar-refractivity contribution in [3.05, 3.63) is 65.5 Å². The zero-order valence-electron chi connectivity index (χ0n) is 11.6. The van der Waals surface area contributed by atoms with Gasteiger partial charge in [-0.2, -0.15) is 0 Å². The minimum absolute atomic E-state index is 0.0782. The number of halogens is 1. The molecule has 2 aromatic carbocycles. The number of fused-ring (bicyclic) bond motifs is 1. The molecule has 0 fully saturated rings. The molecular weight excluding hydrogens is 269 g/mol. The molecule has 1 aliphatic heterocycles. The Labute approximate surface area is 123 Å². The van der Waals surface area contributed by atoms with Crippen LogP contribution in [0.3, 0.4) is 0 Å². The zero-order valence-corrected chi connectivity index (χ0v) is 11.6. The molecule has 1 heterocycles. The average molecular weight is 285 g/mol. The maximum atomic E-state index is 13.6. The largest absolute Gasteiger partial charge is 0.491 e. The van der Waals surface area contributed by atoms with Gasteiger partial charge >= 0.3 is 0 Å². The molecule has 4 heteroatoms. The molecule has 0 spiro atoms. The lowest BCUT2D eigenvalue weighted by Crippen LogP contribution is -2.33. The Kier molecular flexibility index (Phi) is 3.86. The van der Waals surface area contributed by atoms with E-state index in [0.29, 0.717) is 25.3 Å². The van der Waals surface area contributed by atoms with Crippen LogP contribution >= 0.6 is 0 Å². The second-order valence-corrected chi connectivity index (χ2v) is 5.04. The first-order chi connectivity index (χ1) is 10.2. The highest BCUT2D eigenvalue weighted by atomic mass is 19.1. The number of rotatable bonds is 2. The van der Waals surface area contributed by atoms with Crippen molar-refractivity contribution in [1.29, 1.82) is 0 Å². The van der Waals surface area contributed by atoms with Crippen LogP contribution in [0.4, 0.5) is 4.39 Å². The Balaban J connectivity index is 1.75. The maximum Gasteiger partial charge on any atom is 0.227 e. The van der Waals surface area contributed by atoms with Crippen molar-refractivity contribution in [3.63, 3.8) is 0 Å². The fourth-order valence-electron chi connectivity index (χ4n) is 2.46. The van der Waals surface area contributed by atoms with Gasteiger partial charge in [0, 0.05) is 12.1 Å². The predicted molar refractivity (Wildman–Crippen MR) is 77.5 cm³/mol. The summed E-state index contributed by atoms with van der Waals surface area (Å²) in [6.07, 6.45) is 0.0782. The van der Waals surface area contributed by atoms with Crippen molar-refractivity contribution in [2.24, 2.45) is 0 Å². The van der Waals surface area contributed by atoms with Crippen molar-refractivity contribution >= 4 is 5.91 Å². The third-order valence-electron chi connectivity index (χ3n) is 3.60. The Morgan fingerprint density at radius 3 is 2.76 bits per heavy atom. The van der Waals surface area contributed by atoms with Crippen LogP contribution in [0.1, 0.15) is 11.1 Å². The monoisotopic (exact) mass is 285 g/mol. The Bertz CT molecular complexity index is 657. The van der Waals surface area contributed by atoms with Crippen LogP contribution in [0.5, 0.6) is 5.75 Å². The summed E-state index contributed by atoms with van der Waals surface area (Å²) in [5.74, 6) is 0.399. The van der Waals surface area contributed by atoms with Crippen molar-refractivity contribution in [2.45, 2.75) is 13.0 Å². The van der Waals surface area contributed by atoms with Gasteiger partial charge in [0.1, 0.15) is 18.2 Å². The van der Waals surface area contributed by atoms with Gasteiger partial charge in [0.25, 0.3) is 0 Å². The third-order valence-corrected chi connectivity index (χ3v) is 3.60. The van der Waals surface area contributed by atoms with Crippen LogP contribution in [0.25, 0.3) is 0 Å². The van der Waals surface area contributed by atoms with E-state index in [4.69, 9.17) is 4.74 Å². The first kappa shape index (κ1) is 13.6. The molecule has 0 bridgehead atoms. The predicted octanol–water partition coefficient (Wildman–Crippen LogP) is 2.79. The lowest BCUT2D eigenvalue weighted by molar-refractivity contribution is -0.131. The highest BCUT2D eigenvalue weighted by Crippen LogP contribution is 2.23. The van der Waals surface area contributed by atoms with Gasteiger partial charge in [-0.15, -0.1) is 0 Å². The quantitative estimate of drug-likeness (QED) is 0.849. The molecule has 3 nitrogen and oxygen atoms in total. The summed E-state index contributed by atoms with van der Waals surface area (Å²) in [7, 11) is 0. The smallest absolute Gasteiger partial charge is 0.227 e. The molecule has 0 saturated carbocycles. The van der Waals surface area contributed by atoms with Crippen molar-refractivity contribution in [2.75, 3.05) is 13.2 Å². The number of nitrogens with zero attached hydrogens (tertiary/aromatic N) is 1. The number of benzene rings is 2. The molecule has 0 saturated heterocycles. The topological polar surface area (TPSA) is 29.5 Å². The number of carbonyl (C=O) groups is 1. The maximum absolute atomic E-state index is 13.6. The van der Waals surface area contributed by atoms with Crippen LogP contribution in [0.15, 0.2) is 48.5 Å². The summed E-state index contributed by atoms with van der Waals surface area (Å²) in [5.41, 5.74) is 1.41. The number of hydrogen-bond acceptors (Lipinski definition) is 2. The average Bonchev–Trinajstić information content (AvgIpc) is 2.72. The van der Waals surface area contributed by atoms with E-state index in [2.05, 4.69) is 0 Å². The van der Waals surface area contributed by atoms with Crippen LogP contribution in [-0.2, 0) is 17.8 Å².